The third-order valence-electron chi connectivity index (χ3n) is 4.82. The molecule has 3 rings (SSSR count). The monoisotopic (exact) mass is 505 g/mol. The zero-order chi connectivity index (χ0) is 22.4. The summed E-state index contributed by atoms with van der Waals surface area (Å²) >= 11 is 15.0. The number of thioether (sulfide) groups is 2. The van der Waals surface area contributed by atoms with Crippen molar-refractivity contribution in [3.63, 3.8) is 0 Å². The number of nitrogens with zero attached hydrogens (tertiary/aromatic N) is 1. The van der Waals surface area contributed by atoms with Crippen LogP contribution in [0.1, 0.15) is 18.9 Å². The lowest BCUT2D eigenvalue weighted by molar-refractivity contribution is -0.136. The van der Waals surface area contributed by atoms with Gasteiger partial charge in [0.15, 0.2) is 0 Å². The number of rotatable bonds is 9. The molecule has 0 bridgehead atoms. The van der Waals surface area contributed by atoms with Gasteiger partial charge in [-0.05, 0) is 24.6 Å². The number of hydrogen-bond donors (Lipinski definition) is 3. The van der Waals surface area contributed by atoms with Gasteiger partial charge in [-0.1, -0.05) is 41.0 Å². The molecule has 3 N–H and O–H groups in total. The Labute approximate surface area is 200 Å². The van der Waals surface area contributed by atoms with Crippen molar-refractivity contribution in [3.8, 4) is 0 Å². The van der Waals surface area contributed by atoms with E-state index in [1.54, 1.807) is 6.07 Å². The van der Waals surface area contributed by atoms with Crippen LogP contribution in [0.5, 0.6) is 0 Å². The summed E-state index contributed by atoms with van der Waals surface area (Å²) in [4.78, 5) is 26.2. The molecule has 1 aromatic rings. The Morgan fingerprint density at radius 2 is 2.19 bits per heavy atom. The van der Waals surface area contributed by atoms with E-state index in [2.05, 4.69) is 15.5 Å². The van der Waals surface area contributed by atoms with Crippen molar-refractivity contribution < 1.29 is 19.4 Å². The first-order valence-electron chi connectivity index (χ1n) is 9.81. The van der Waals surface area contributed by atoms with Crippen LogP contribution in [0.4, 0.5) is 0 Å². The van der Waals surface area contributed by atoms with Crippen LogP contribution in [0.2, 0.25) is 10.0 Å². The Morgan fingerprint density at radius 1 is 1.39 bits per heavy atom. The van der Waals surface area contributed by atoms with E-state index in [-0.39, 0.29) is 28.9 Å². The molecule has 1 saturated heterocycles. The van der Waals surface area contributed by atoms with Crippen LogP contribution in [0, 0.1) is 0 Å². The molecule has 0 spiro atoms. The molecule has 7 nitrogen and oxygen atoms in total. The smallest absolute Gasteiger partial charge is 0.308 e. The predicted molar refractivity (Wildman–Crippen MR) is 126 cm³/mol. The lowest BCUT2D eigenvalue weighted by atomic mass is 10.2. The number of amides is 1. The maximum Gasteiger partial charge on any atom is 0.308 e. The van der Waals surface area contributed by atoms with Crippen molar-refractivity contribution in [2.75, 3.05) is 32.0 Å². The first-order chi connectivity index (χ1) is 14.8. The average molecular weight is 506 g/mol. The van der Waals surface area contributed by atoms with Gasteiger partial charge in [0.1, 0.15) is 4.71 Å². The molecule has 2 aliphatic rings. The fraction of sp³-hybridized carbons (Fsp3) is 0.500. The van der Waals surface area contributed by atoms with E-state index in [0.29, 0.717) is 23.2 Å². The van der Waals surface area contributed by atoms with Crippen molar-refractivity contribution in [2.45, 2.75) is 30.7 Å². The number of nitrogens with one attached hydrogen (secondary N) is 2. The predicted octanol–water partition coefficient (Wildman–Crippen LogP) is 3.37. The van der Waals surface area contributed by atoms with Gasteiger partial charge >= 0.3 is 5.97 Å². The molecule has 2 atom stereocenters. The second-order valence-electron chi connectivity index (χ2n) is 7.30. The molecule has 1 aromatic carbocycles. The molecule has 2 aliphatic heterocycles. The number of allylic oxidation sites excluding steroid dienone is 1. The van der Waals surface area contributed by atoms with Crippen LogP contribution in [0.3, 0.4) is 0 Å². The van der Waals surface area contributed by atoms with Gasteiger partial charge in [0.25, 0.3) is 0 Å². The van der Waals surface area contributed by atoms with E-state index >= 15 is 0 Å². The highest BCUT2D eigenvalue weighted by Crippen LogP contribution is 2.37. The minimum atomic E-state index is -0.854. The van der Waals surface area contributed by atoms with Gasteiger partial charge in [-0.25, -0.2) is 0 Å². The molecular formula is C20H25Cl2N3O4S2. The van der Waals surface area contributed by atoms with Crippen molar-refractivity contribution in [1.82, 2.24) is 15.5 Å². The number of carboxylic acid groups (broad SMARTS) is 1. The molecule has 0 saturated carbocycles. The van der Waals surface area contributed by atoms with Gasteiger partial charge in [0.2, 0.25) is 5.91 Å². The van der Waals surface area contributed by atoms with Gasteiger partial charge in [0.05, 0.1) is 34.9 Å². The minimum absolute atomic E-state index is 0.00447. The molecule has 1 fully saturated rings. The summed E-state index contributed by atoms with van der Waals surface area (Å²) in [5.41, 5.74) is 1.95. The summed E-state index contributed by atoms with van der Waals surface area (Å²) in [5, 5.41) is 16.2. The van der Waals surface area contributed by atoms with Gasteiger partial charge in [-0.3, -0.25) is 14.5 Å². The maximum absolute atomic E-state index is 12.3. The SMILES string of the molecule is CC1=C(CC(=O)O)SC(SCC(=O)NC[C@H]2CN(Cc3ccc(Cl)c(Cl)c3)CCO2)N1. The van der Waals surface area contributed by atoms with Crippen molar-refractivity contribution in [2.24, 2.45) is 0 Å². The van der Waals surface area contributed by atoms with Gasteiger partial charge in [0, 0.05) is 36.8 Å². The third-order valence-corrected chi connectivity index (χ3v) is 8.17. The Hall–Kier alpha value is -1.10. The lowest BCUT2D eigenvalue weighted by Gasteiger charge is -2.33. The number of ether oxygens (including phenoxy) is 1. The Bertz CT molecular complexity index is 856. The topological polar surface area (TPSA) is 90.9 Å². The number of carbonyl (C=O) groups is 2. The van der Waals surface area contributed by atoms with E-state index in [9.17, 15) is 9.59 Å². The number of benzene rings is 1. The van der Waals surface area contributed by atoms with Crippen LogP contribution in [0.25, 0.3) is 0 Å². The number of halogens is 2. The fourth-order valence-electron chi connectivity index (χ4n) is 3.27. The van der Waals surface area contributed by atoms with Gasteiger partial charge < -0.3 is 20.5 Å². The Balaban J connectivity index is 1.36. The van der Waals surface area contributed by atoms with Gasteiger partial charge in [-0.15, -0.1) is 11.8 Å². The van der Waals surface area contributed by atoms with Crippen LogP contribution >= 0.6 is 46.7 Å². The number of morpholine rings is 1. The van der Waals surface area contributed by atoms with Crippen molar-refractivity contribution in [3.05, 3.63) is 44.4 Å². The summed E-state index contributed by atoms with van der Waals surface area (Å²) in [6.45, 7) is 5.19. The second kappa shape index (κ2) is 11.7. The molecule has 1 amide bonds. The largest absolute Gasteiger partial charge is 0.481 e. The van der Waals surface area contributed by atoms with Crippen LogP contribution in [0.15, 0.2) is 28.8 Å². The second-order valence-corrected chi connectivity index (χ2v) is 10.7. The Morgan fingerprint density at radius 3 is 2.94 bits per heavy atom. The van der Waals surface area contributed by atoms with Gasteiger partial charge in [-0.2, -0.15) is 0 Å². The zero-order valence-corrected chi connectivity index (χ0v) is 20.2. The molecular weight excluding hydrogens is 481 g/mol. The molecule has 31 heavy (non-hydrogen) atoms. The Kier molecular flexibility index (Phi) is 9.24. The fourth-order valence-corrected chi connectivity index (χ4v) is 6.01. The normalized spacial score (nSPS) is 21.8. The highest BCUT2D eigenvalue weighted by atomic mass is 35.5. The number of carbonyl (C=O) groups excluding carboxylic acids is 1. The van der Waals surface area contributed by atoms with Crippen molar-refractivity contribution >= 4 is 58.6 Å². The van der Waals surface area contributed by atoms with E-state index < -0.39 is 5.97 Å². The summed E-state index contributed by atoms with van der Waals surface area (Å²) < 4.78 is 5.74. The van der Waals surface area contributed by atoms with E-state index in [0.717, 1.165) is 35.8 Å². The first kappa shape index (κ1) is 24.5. The van der Waals surface area contributed by atoms with E-state index in [1.165, 1.54) is 23.5 Å². The quantitative estimate of drug-likeness (QED) is 0.470. The average Bonchev–Trinajstić information content (AvgIpc) is 3.06. The molecule has 0 aliphatic carbocycles. The van der Waals surface area contributed by atoms with E-state index in [4.69, 9.17) is 33.0 Å². The van der Waals surface area contributed by atoms with Crippen molar-refractivity contribution in [1.29, 1.82) is 0 Å². The summed E-state index contributed by atoms with van der Waals surface area (Å²) in [6, 6.07) is 5.64. The summed E-state index contributed by atoms with van der Waals surface area (Å²) in [6.07, 6.45) is -0.0691. The highest BCUT2D eigenvalue weighted by molar-refractivity contribution is 8.19. The highest BCUT2D eigenvalue weighted by Gasteiger charge is 2.25. The molecule has 0 radical (unpaired) electrons. The number of aliphatic carboxylic acids is 1. The first-order valence-corrected chi connectivity index (χ1v) is 12.5. The molecule has 2 heterocycles. The molecule has 0 aromatic heterocycles. The van der Waals surface area contributed by atoms with Crippen LogP contribution in [-0.4, -0.2) is 64.7 Å². The zero-order valence-electron chi connectivity index (χ0n) is 17.0. The minimum Gasteiger partial charge on any atom is -0.481 e. The molecule has 11 heteroatoms. The number of hydrogen-bond acceptors (Lipinski definition) is 7. The maximum atomic E-state index is 12.3. The van der Waals surface area contributed by atoms with E-state index in [1.807, 2.05) is 19.1 Å². The van der Waals surface area contributed by atoms with Crippen LogP contribution in [-0.2, 0) is 20.9 Å². The molecule has 1 unspecified atom stereocenters. The molecule has 170 valence electrons. The third kappa shape index (κ3) is 7.76. The standard InChI is InChI=1S/C20H25Cl2N3O4S2/c1-12-17(7-19(27)28)31-20(24-12)30-11-18(26)23-8-14-10-25(4-5-29-14)9-13-2-3-15(21)16(22)6-13/h2-3,6,14,20,24H,4-5,7-11H2,1H3,(H,23,26)(H,27,28)/t14-,20?/m0/s1. The number of carboxylic acids is 1. The van der Waals surface area contributed by atoms with Crippen LogP contribution < -0.4 is 10.6 Å². The lowest BCUT2D eigenvalue weighted by Crippen LogP contribution is -2.47. The summed E-state index contributed by atoms with van der Waals surface area (Å²) in [5.74, 6) is -0.632. The summed E-state index contributed by atoms with van der Waals surface area (Å²) in [7, 11) is 0.